The monoisotopic (exact) mass is 350 g/mol. The van der Waals surface area contributed by atoms with Crippen molar-refractivity contribution in [2.75, 3.05) is 7.05 Å². The van der Waals surface area contributed by atoms with E-state index < -0.39 is 5.76 Å². The number of oxazole rings is 1. The van der Waals surface area contributed by atoms with Gasteiger partial charge in [0.1, 0.15) is 5.82 Å². The molecule has 21 heavy (non-hydrogen) atoms. The zero-order valence-electron chi connectivity index (χ0n) is 11.1. The largest absolute Gasteiger partial charge is 0.417 e. The predicted molar refractivity (Wildman–Crippen MR) is 81.8 cm³/mol. The number of rotatable bonds is 3. The Kier molecular flexibility index (Phi) is 3.65. The van der Waals surface area contributed by atoms with Gasteiger partial charge in [-0.15, -0.1) is 0 Å². The van der Waals surface area contributed by atoms with Crippen molar-refractivity contribution >= 4 is 27.0 Å². The Morgan fingerprint density at radius 2 is 1.95 bits per heavy atom. The zero-order valence-corrected chi connectivity index (χ0v) is 12.7. The van der Waals surface area contributed by atoms with Crippen LogP contribution in [0.2, 0.25) is 0 Å². The van der Waals surface area contributed by atoms with E-state index >= 15 is 0 Å². The van der Waals surface area contributed by atoms with E-state index in [1.165, 1.54) is 6.07 Å². The third-order valence-electron chi connectivity index (χ3n) is 3.34. The van der Waals surface area contributed by atoms with Crippen molar-refractivity contribution in [2.45, 2.75) is 6.04 Å². The summed E-state index contributed by atoms with van der Waals surface area (Å²) in [4.78, 5) is 13.8. The minimum atomic E-state index is -0.479. The molecule has 0 bridgehead atoms. The van der Waals surface area contributed by atoms with Crippen molar-refractivity contribution in [1.29, 1.82) is 0 Å². The van der Waals surface area contributed by atoms with Gasteiger partial charge in [-0.3, -0.25) is 4.98 Å². The Morgan fingerprint density at radius 3 is 2.67 bits per heavy atom. The number of benzene rings is 2. The molecule has 0 saturated heterocycles. The van der Waals surface area contributed by atoms with Crippen molar-refractivity contribution < 1.29 is 8.81 Å². The molecule has 1 aromatic heterocycles. The maximum absolute atomic E-state index is 13.4. The number of nitrogens with one attached hydrogen (secondary N) is 2. The Balaban J connectivity index is 2.08. The Bertz CT molecular complexity index is 856. The Labute approximate surface area is 128 Å². The van der Waals surface area contributed by atoms with Crippen LogP contribution in [0.15, 0.2) is 50.1 Å². The summed E-state index contributed by atoms with van der Waals surface area (Å²) in [5, 5.41) is 3.18. The number of aromatic nitrogens is 1. The van der Waals surface area contributed by atoms with E-state index in [1.54, 1.807) is 24.3 Å². The molecule has 2 N–H and O–H groups in total. The van der Waals surface area contributed by atoms with E-state index in [9.17, 15) is 9.18 Å². The maximum atomic E-state index is 13.4. The van der Waals surface area contributed by atoms with Gasteiger partial charge in [0.05, 0.1) is 16.0 Å². The van der Waals surface area contributed by atoms with E-state index in [-0.39, 0.29) is 11.9 Å². The van der Waals surface area contributed by atoms with Crippen LogP contribution in [-0.4, -0.2) is 12.0 Å². The molecule has 3 aromatic rings. The van der Waals surface area contributed by atoms with Crippen molar-refractivity contribution in [2.24, 2.45) is 0 Å². The maximum Gasteiger partial charge on any atom is 0.417 e. The van der Waals surface area contributed by atoms with Crippen LogP contribution in [0.3, 0.4) is 0 Å². The summed E-state index contributed by atoms with van der Waals surface area (Å²) in [6.45, 7) is 0. The Hall–Kier alpha value is -1.92. The van der Waals surface area contributed by atoms with Gasteiger partial charge >= 0.3 is 5.76 Å². The molecule has 6 heteroatoms. The van der Waals surface area contributed by atoms with Gasteiger partial charge in [-0.2, -0.15) is 0 Å². The molecule has 2 aromatic carbocycles. The van der Waals surface area contributed by atoms with Gasteiger partial charge in [0.25, 0.3) is 0 Å². The van der Waals surface area contributed by atoms with Crippen LogP contribution in [0.4, 0.5) is 4.39 Å². The lowest BCUT2D eigenvalue weighted by atomic mass is 9.98. The highest BCUT2D eigenvalue weighted by Crippen LogP contribution is 2.27. The summed E-state index contributed by atoms with van der Waals surface area (Å²) >= 11 is 3.19. The zero-order chi connectivity index (χ0) is 15.0. The van der Waals surface area contributed by atoms with Crippen LogP contribution >= 0.6 is 15.9 Å². The molecular formula is C15H12BrFN2O2. The molecule has 0 aliphatic heterocycles. The molecule has 108 valence electrons. The van der Waals surface area contributed by atoms with Crippen LogP contribution < -0.4 is 11.1 Å². The fourth-order valence-electron chi connectivity index (χ4n) is 2.36. The molecule has 3 rings (SSSR count). The second-order valence-electron chi connectivity index (χ2n) is 4.67. The predicted octanol–water partition coefficient (Wildman–Crippen LogP) is 3.33. The van der Waals surface area contributed by atoms with E-state index in [1.807, 2.05) is 13.1 Å². The SMILES string of the molecule is CNC(c1ccc(F)c(Br)c1)c1ccc2[nH]c(=O)oc2c1. The van der Waals surface area contributed by atoms with Gasteiger partial charge in [0, 0.05) is 0 Å². The first-order valence-corrected chi connectivity index (χ1v) is 7.13. The number of H-pyrrole nitrogens is 1. The van der Waals surface area contributed by atoms with Crippen LogP contribution in [0.1, 0.15) is 17.2 Å². The lowest BCUT2D eigenvalue weighted by molar-refractivity contribution is 0.554. The first-order chi connectivity index (χ1) is 10.1. The van der Waals surface area contributed by atoms with E-state index in [4.69, 9.17) is 4.42 Å². The normalized spacial score (nSPS) is 12.7. The molecule has 1 heterocycles. The third-order valence-corrected chi connectivity index (χ3v) is 3.95. The van der Waals surface area contributed by atoms with Crippen LogP contribution in [0, 0.1) is 5.82 Å². The molecule has 0 aliphatic carbocycles. The summed E-state index contributed by atoms with van der Waals surface area (Å²) in [5.74, 6) is -0.784. The van der Waals surface area contributed by atoms with Crippen molar-refractivity contribution in [3.63, 3.8) is 0 Å². The smallest absolute Gasteiger partial charge is 0.408 e. The van der Waals surface area contributed by atoms with Crippen molar-refractivity contribution in [3.05, 3.63) is 68.4 Å². The van der Waals surface area contributed by atoms with Crippen LogP contribution in [-0.2, 0) is 0 Å². The highest BCUT2D eigenvalue weighted by Gasteiger charge is 2.15. The van der Waals surface area contributed by atoms with E-state index in [2.05, 4.69) is 26.2 Å². The van der Waals surface area contributed by atoms with Gasteiger partial charge in [0.2, 0.25) is 0 Å². The first-order valence-electron chi connectivity index (χ1n) is 6.33. The molecule has 0 amide bonds. The molecule has 0 aliphatic rings. The van der Waals surface area contributed by atoms with Gasteiger partial charge in [-0.05, 0) is 58.4 Å². The Morgan fingerprint density at radius 1 is 1.24 bits per heavy atom. The number of hydrogen-bond donors (Lipinski definition) is 2. The standard InChI is InChI=1S/C15H12BrFN2O2/c1-18-14(8-2-4-11(17)10(16)6-8)9-3-5-12-13(7-9)21-15(20)19-12/h2-7,14,18H,1H3,(H,19,20). The molecule has 4 nitrogen and oxygen atoms in total. The van der Waals surface area contributed by atoms with E-state index in [0.29, 0.717) is 15.6 Å². The average Bonchev–Trinajstić information content (AvgIpc) is 2.83. The summed E-state index contributed by atoms with van der Waals surface area (Å²) in [5.41, 5.74) is 2.98. The molecular weight excluding hydrogens is 339 g/mol. The van der Waals surface area contributed by atoms with Gasteiger partial charge < -0.3 is 9.73 Å². The summed E-state index contributed by atoms with van der Waals surface area (Å²) in [6, 6.07) is 10.2. The van der Waals surface area contributed by atoms with Crippen LogP contribution in [0.5, 0.6) is 0 Å². The number of halogens is 2. The molecule has 1 unspecified atom stereocenters. The number of hydrogen-bond acceptors (Lipinski definition) is 3. The average molecular weight is 351 g/mol. The number of aromatic amines is 1. The quantitative estimate of drug-likeness (QED) is 0.761. The van der Waals surface area contributed by atoms with Gasteiger partial charge in [0.15, 0.2) is 5.58 Å². The topological polar surface area (TPSA) is 58.0 Å². The fourth-order valence-corrected chi connectivity index (χ4v) is 2.76. The van der Waals surface area contributed by atoms with E-state index in [0.717, 1.165) is 11.1 Å². The minimum absolute atomic E-state index is 0.133. The van der Waals surface area contributed by atoms with Crippen LogP contribution in [0.25, 0.3) is 11.1 Å². The lowest BCUT2D eigenvalue weighted by Gasteiger charge is -2.17. The highest BCUT2D eigenvalue weighted by atomic mass is 79.9. The summed E-state index contributed by atoms with van der Waals surface area (Å²) in [6.07, 6.45) is 0. The lowest BCUT2D eigenvalue weighted by Crippen LogP contribution is -2.17. The fraction of sp³-hybridized carbons (Fsp3) is 0.133. The van der Waals surface area contributed by atoms with Gasteiger partial charge in [-0.1, -0.05) is 12.1 Å². The second-order valence-corrected chi connectivity index (χ2v) is 5.52. The van der Waals surface area contributed by atoms with Crippen molar-refractivity contribution in [3.8, 4) is 0 Å². The number of fused-ring (bicyclic) bond motifs is 1. The summed E-state index contributed by atoms with van der Waals surface area (Å²) < 4.78 is 18.8. The first kappa shape index (κ1) is 14.0. The minimum Gasteiger partial charge on any atom is -0.408 e. The molecule has 0 saturated carbocycles. The third kappa shape index (κ3) is 2.64. The van der Waals surface area contributed by atoms with Gasteiger partial charge in [-0.25, -0.2) is 9.18 Å². The molecule has 0 spiro atoms. The molecule has 1 atom stereocenters. The summed E-state index contributed by atoms with van der Waals surface area (Å²) in [7, 11) is 1.82. The molecule has 0 radical (unpaired) electrons. The second kappa shape index (κ2) is 5.46. The molecule has 0 fully saturated rings. The van der Waals surface area contributed by atoms with Crippen molar-refractivity contribution in [1.82, 2.24) is 10.3 Å². The highest BCUT2D eigenvalue weighted by molar-refractivity contribution is 9.10.